The number of rotatable bonds is 5. The van der Waals surface area contributed by atoms with Gasteiger partial charge in [0.15, 0.2) is 5.76 Å². The molecule has 0 fully saturated rings. The van der Waals surface area contributed by atoms with Crippen LogP contribution in [0, 0.1) is 0 Å². The van der Waals surface area contributed by atoms with Crippen LogP contribution in [-0.4, -0.2) is 11.8 Å². The molecule has 0 saturated heterocycles. The molecule has 0 bridgehead atoms. The zero-order valence-electron chi connectivity index (χ0n) is 12.9. The maximum atomic E-state index is 12.6. The van der Waals surface area contributed by atoms with E-state index in [0.29, 0.717) is 11.4 Å². The number of hydrogen-bond acceptors (Lipinski definition) is 4. The second kappa shape index (κ2) is 7.67. The molecule has 126 valence electrons. The number of amides is 2. The lowest BCUT2D eigenvalue weighted by atomic mass is 10.2. The molecule has 0 atom stereocenters. The largest absolute Gasteiger partial charge is 0.465 e. The Morgan fingerprint density at radius 3 is 2.48 bits per heavy atom. The Balaban J connectivity index is 1.83. The van der Waals surface area contributed by atoms with Crippen LogP contribution in [0.15, 0.2) is 80.1 Å². The quantitative estimate of drug-likeness (QED) is 0.632. The van der Waals surface area contributed by atoms with E-state index < -0.39 is 11.8 Å². The standard InChI is InChI=1S/C18H13BrN2O4/c19-12-4-1-5-13(10-12)20-17(22)15(11-14-6-2-8-24-14)21-18(23)16-7-3-9-25-16/h1-11H,(H,20,22)(H,21,23)/b15-11-. The summed E-state index contributed by atoms with van der Waals surface area (Å²) >= 11 is 3.34. The summed E-state index contributed by atoms with van der Waals surface area (Å²) in [5.74, 6) is -0.499. The van der Waals surface area contributed by atoms with E-state index in [0.717, 1.165) is 4.47 Å². The molecular weight excluding hydrogens is 388 g/mol. The first-order chi connectivity index (χ1) is 12.1. The minimum atomic E-state index is -0.535. The SMILES string of the molecule is O=C(Nc1cccc(Br)c1)/C(=C/c1ccco1)NC(=O)c1ccco1. The summed E-state index contributed by atoms with van der Waals surface area (Å²) in [5, 5.41) is 5.26. The van der Waals surface area contributed by atoms with Gasteiger partial charge >= 0.3 is 0 Å². The molecule has 2 aromatic heterocycles. The van der Waals surface area contributed by atoms with Crippen LogP contribution in [0.5, 0.6) is 0 Å². The van der Waals surface area contributed by atoms with Crippen molar-refractivity contribution in [2.45, 2.75) is 0 Å². The molecule has 2 amide bonds. The maximum absolute atomic E-state index is 12.6. The molecule has 25 heavy (non-hydrogen) atoms. The van der Waals surface area contributed by atoms with Crippen LogP contribution < -0.4 is 10.6 Å². The van der Waals surface area contributed by atoms with Crippen molar-refractivity contribution in [3.05, 3.63) is 82.7 Å². The molecule has 0 radical (unpaired) electrons. The lowest BCUT2D eigenvalue weighted by Crippen LogP contribution is -2.30. The minimum absolute atomic E-state index is 0.0244. The minimum Gasteiger partial charge on any atom is -0.465 e. The molecule has 1 aromatic carbocycles. The van der Waals surface area contributed by atoms with E-state index >= 15 is 0 Å². The van der Waals surface area contributed by atoms with Crippen molar-refractivity contribution in [3.63, 3.8) is 0 Å². The molecule has 6 nitrogen and oxygen atoms in total. The zero-order valence-corrected chi connectivity index (χ0v) is 14.4. The van der Waals surface area contributed by atoms with Crippen molar-refractivity contribution in [2.75, 3.05) is 5.32 Å². The van der Waals surface area contributed by atoms with Crippen molar-refractivity contribution in [1.82, 2.24) is 5.32 Å². The van der Waals surface area contributed by atoms with E-state index in [1.165, 1.54) is 24.7 Å². The van der Waals surface area contributed by atoms with Crippen molar-refractivity contribution in [1.29, 1.82) is 0 Å². The van der Waals surface area contributed by atoms with Crippen molar-refractivity contribution >= 4 is 39.5 Å². The smallest absolute Gasteiger partial charge is 0.291 e. The van der Waals surface area contributed by atoms with Crippen molar-refractivity contribution in [3.8, 4) is 0 Å². The molecule has 0 unspecified atom stereocenters. The van der Waals surface area contributed by atoms with E-state index in [2.05, 4.69) is 26.6 Å². The molecule has 7 heteroatoms. The van der Waals surface area contributed by atoms with E-state index in [4.69, 9.17) is 8.83 Å². The molecule has 3 aromatic rings. The highest BCUT2D eigenvalue weighted by Gasteiger charge is 2.17. The first kappa shape index (κ1) is 16.8. The number of benzene rings is 1. The second-order valence-electron chi connectivity index (χ2n) is 4.97. The van der Waals surface area contributed by atoms with Gasteiger partial charge in [0.05, 0.1) is 12.5 Å². The normalized spacial score (nSPS) is 11.2. The molecular formula is C18H13BrN2O4. The van der Waals surface area contributed by atoms with Gasteiger partial charge in [-0.15, -0.1) is 0 Å². The molecule has 0 aliphatic rings. The summed E-state index contributed by atoms with van der Waals surface area (Å²) < 4.78 is 11.1. The lowest BCUT2D eigenvalue weighted by molar-refractivity contribution is -0.113. The van der Waals surface area contributed by atoms with Gasteiger partial charge in [-0.1, -0.05) is 22.0 Å². The topological polar surface area (TPSA) is 84.5 Å². The van der Waals surface area contributed by atoms with Gasteiger partial charge in [0.1, 0.15) is 11.5 Å². The van der Waals surface area contributed by atoms with Gasteiger partial charge in [0.2, 0.25) is 0 Å². The predicted octanol–water partition coefficient (Wildman–Crippen LogP) is 4.04. The van der Waals surface area contributed by atoms with Gasteiger partial charge in [-0.05, 0) is 42.5 Å². The van der Waals surface area contributed by atoms with Gasteiger partial charge in [-0.3, -0.25) is 9.59 Å². The van der Waals surface area contributed by atoms with Crippen LogP contribution in [-0.2, 0) is 4.79 Å². The fourth-order valence-electron chi connectivity index (χ4n) is 2.03. The average Bonchev–Trinajstić information content (AvgIpc) is 3.28. The molecule has 3 rings (SSSR count). The number of furan rings is 2. The van der Waals surface area contributed by atoms with Gasteiger partial charge in [0.25, 0.3) is 11.8 Å². The highest BCUT2D eigenvalue weighted by atomic mass is 79.9. The highest BCUT2D eigenvalue weighted by Crippen LogP contribution is 2.17. The Bertz CT molecular complexity index is 899. The van der Waals surface area contributed by atoms with Crippen LogP contribution in [0.2, 0.25) is 0 Å². The fraction of sp³-hybridized carbons (Fsp3) is 0. The van der Waals surface area contributed by atoms with E-state index in [1.54, 1.807) is 36.4 Å². The molecule has 0 aliphatic carbocycles. The van der Waals surface area contributed by atoms with Crippen LogP contribution >= 0.6 is 15.9 Å². The van der Waals surface area contributed by atoms with Crippen molar-refractivity contribution < 1.29 is 18.4 Å². The molecule has 2 heterocycles. The number of halogens is 1. The third kappa shape index (κ3) is 4.48. The third-order valence-corrected chi connectivity index (χ3v) is 3.64. The summed E-state index contributed by atoms with van der Waals surface area (Å²) in [6, 6.07) is 13.6. The van der Waals surface area contributed by atoms with E-state index in [-0.39, 0.29) is 11.5 Å². The van der Waals surface area contributed by atoms with Crippen LogP contribution in [0.1, 0.15) is 16.3 Å². The number of nitrogens with one attached hydrogen (secondary N) is 2. The van der Waals surface area contributed by atoms with Crippen LogP contribution in [0.25, 0.3) is 6.08 Å². The van der Waals surface area contributed by atoms with Gasteiger partial charge in [-0.2, -0.15) is 0 Å². The van der Waals surface area contributed by atoms with Crippen LogP contribution in [0.3, 0.4) is 0 Å². The fourth-order valence-corrected chi connectivity index (χ4v) is 2.43. The Morgan fingerprint density at radius 1 is 1.00 bits per heavy atom. The predicted molar refractivity (Wildman–Crippen MR) is 95.6 cm³/mol. The Labute approximate surface area is 151 Å². The molecule has 0 saturated carbocycles. The number of carbonyl (C=O) groups is 2. The van der Waals surface area contributed by atoms with Crippen LogP contribution in [0.4, 0.5) is 5.69 Å². The zero-order chi connectivity index (χ0) is 17.6. The summed E-state index contributed by atoms with van der Waals surface area (Å²) in [6.07, 6.45) is 4.30. The number of anilines is 1. The Kier molecular flexibility index (Phi) is 5.15. The first-order valence-corrected chi connectivity index (χ1v) is 8.08. The van der Waals surface area contributed by atoms with E-state index in [9.17, 15) is 9.59 Å². The number of hydrogen-bond donors (Lipinski definition) is 2. The number of carbonyl (C=O) groups excluding carboxylic acids is 2. The second-order valence-corrected chi connectivity index (χ2v) is 5.89. The van der Waals surface area contributed by atoms with Gasteiger partial charge in [-0.25, -0.2) is 0 Å². The highest BCUT2D eigenvalue weighted by molar-refractivity contribution is 9.10. The average molecular weight is 401 g/mol. The third-order valence-electron chi connectivity index (χ3n) is 3.15. The van der Waals surface area contributed by atoms with E-state index in [1.807, 2.05) is 6.07 Å². The Hall–Kier alpha value is -3.06. The summed E-state index contributed by atoms with van der Waals surface area (Å²) in [5.41, 5.74) is 0.605. The lowest BCUT2D eigenvalue weighted by Gasteiger charge is -2.10. The summed E-state index contributed by atoms with van der Waals surface area (Å²) in [4.78, 5) is 24.8. The Morgan fingerprint density at radius 2 is 1.80 bits per heavy atom. The summed E-state index contributed by atoms with van der Waals surface area (Å²) in [7, 11) is 0. The van der Waals surface area contributed by atoms with Gasteiger partial charge in [0, 0.05) is 16.2 Å². The summed E-state index contributed by atoms with van der Waals surface area (Å²) in [6.45, 7) is 0. The first-order valence-electron chi connectivity index (χ1n) is 7.29. The molecule has 0 spiro atoms. The maximum Gasteiger partial charge on any atom is 0.291 e. The molecule has 0 aliphatic heterocycles. The monoisotopic (exact) mass is 400 g/mol. The molecule has 2 N–H and O–H groups in total. The van der Waals surface area contributed by atoms with Gasteiger partial charge < -0.3 is 19.5 Å². The van der Waals surface area contributed by atoms with Crippen molar-refractivity contribution in [2.24, 2.45) is 0 Å².